The first-order valence-electron chi connectivity index (χ1n) is 12.2. The lowest BCUT2D eigenvalue weighted by Crippen LogP contribution is -2.48. The topological polar surface area (TPSA) is 147 Å². The molecule has 0 radical (unpaired) electrons. The third-order valence-corrected chi connectivity index (χ3v) is 9.44. The highest BCUT2D eigenvalue weighted by Gasteiger charge is 2.29. The van der Waals surface area contributed by atoms with Crippen molar-refractivity contribution in [2.24, 2.45) is 0 Å². The van der Waals surface area contributed by atoms with Crippen LogP contribution in [-0.4, -0.2) is 73.4 Å². The van der Waals surface area contributed by atoms with Crippen LogP contribution in [0.4, 0.5) is 19.7 Å². The normalized spacial score (nSPS) is 19.5. The molecule has 1 atom stereocenters. The number of nitrogen functional groups attached to an aromatic ring is 1. The van der Waals surface area contributed by atoms with Crippen molar-refractivity contribution in [3.05, 3.63) is 40.3 Å². The monoisotopic (exact) mass is 556 g/mol. The minimum absolute atomic E-state index is 0.00642. The van der Waals surface area contributed by atoms with E-state index in [1.54, 1.807) is 0 Å². The van der Waals surface area contributed by atoms with Crippen LogP contribution in [0.15, 0.2) is 18.2 Å². The fourth-order valence-corrected chi connectivity index (χ4v) is 6.91. The van der Waals surface area contributed by atoms with Gasteiger partial charge in [0.2, 0.25) is 21.7 Å². The Morgan fingerprint density at radius 3 is 2.59 bits per heavy atom. The molecule has 1 unspecified atom stereocenters. The summed E-state index contributed by atoms with van der Waals surface area (Å²) in [5.74, 6) is -3.00. The van der Waals surface area contributed by atoms with Crippen LogP contribution >= 0.6 is 11.3 Å². The average molecular weight is 557 g/mol. The van der Waals surface area contributed by atoms with Crippen LogP contribution in [0.1, 0.15) is 47.3 Å². The van der Waals surface area contributed by atoms with Crippen LogP contribution < -0.4 is 21.7 Å². The Bertz CT molecular complexity index is 1230. The minimum Gasteiger partial charge on any atom is -0.382 e. The third kappa shape index (κ3) is 6.61. The molecule has 37 heavy (non-hydrogen) atoms. The van der Waals surface area contributed by atoms with Crippen molar-refractivity contribution < 1.29 is 26.8 Å². The predicted octanol–water partition coefficient (Wildman–Crippen LogP) is 1.70. The first-order valence-corrected chi connectivity index (χ1v) is 14.6. The van der Waals surface area contributed by atoms with Crippen molar-refractivity contribution in [3.8, 4) is 0 Å². The van der Waals surface area contributed by atoms with E-state index in [4.69, 9.17) is 5.73 Å². The number of hydrogen-bond donors (Lipinski definition) is 4. The third-order valence-electron chi connectivity index (χ3n) is 6.48. The van der Waals surface area contributed by atoms with Crippen LogP contribution in [0.5, 0.6) is 0 Å². The number of sulfonamides is 1. The highest BCUT2D eigenvalue weighted by Crippen LogP contribution is 2.30. The van der Waals surface area contributed by atoms with E-state index in [0.29, 0.717) is 50.6 Å². The summed E-state index contributed by atoms with van der Waals surface area (Å²) in [6.45, 7) is 1.77. The first-order chi connectivity index (χ1) is 17.7. The molecule has 14 heteroatoms. The van der Waals surface area contributed by atoms with E-state index < -0.39 is 33.0 Å². The van der Waals surface area contributed by atoms with Gasteiger partial charge < -0.3 is 21.7 Å². The van der Waals surface area contributed by atoms with Crippen molar-refractivity contribution in [2.75, 3.05) is 43.0 Å². The van der Waals surface area contributed by atoms with Gasteiger partial charge in [0.1, 0.15) is 22.3 Å². The van der Waals surface area contributed by atoms with Crippen LogP contribution in [0, 0.1) is 11.6 Å². The quantitative estimate of drug-likeness (QED) is 0.256. The summed E-state index contributed by atoms with van der Waals surface area (Å²) in [5, 5.41) is 9.41. The second-order valence-corrected chi connectivity index (χ2v) is 12.2. The number of hydrogen-bond acceptors (Lipinski definition) is 9. The van der Waals surface area contributed by atoms with Gasteiger partial charge in [-0.1, -0.05) is 17.4 Å². The standard InChI is InChI=1S/C23H30F2N6O4S2/c24-15-4-1-5-16(25)18(15)19(32)20-21(26)30-23(36-20)29-14-7-11-31(12-8-14)37(34,35)13-3-10-27-17-6-2-9-28-22(17)33/h1,4-5,14,17,27H,2-3,6-13,26H2,(H,28,33)(H,29,30). The molecule has 0 bridgehead atoms. The largest absolute Gasteiger partial charge is 0.382 e. The molecule has 202 valence electrons. The number of benzene rings is 1. The van der Waals surface area contributed by atoms with E-state index in [-0.39, 0.29) is 34.4 Å². The number of aromatic nitrogens is 1. The van der Waals surface area contributed by atoms with Gasteiger partial charge in [-0.05, 0) is 50.8 Å². The van der Waals surface area contributed by atoms with Crippen molar-refractivity contribution in [1.29, 1.82) is 0 Å². The summed E-state index contributed by atoms with van der Waals surface area (Å²) in [6, 6.07) is 2.81. The number of nitrogens with one attached hydrogen (secondary N) is 3. The van der Waals surface area contributed by atoms with E-state index in [1.807, 2.05) is 0 Å². The minimum atomic E-state index is -3.43. The van der Waals surface area contributed by atoms with Crippen molar-refractivity contribution in [3.63, 3.8) is 0 Å². The Labute approximate surface area is 218 Å². The Hall–Kier alpha value is -2.68. The number of nitrogens with zero attached hydrogens (tertiary/aromatic N) is 2. The smallest absolute Gasteiger partial charge is 0.237 e. The number of halogens is 2. The molecule has 3 heterocycles. The van der Waals surface area contributed by atoms with E-state index in [1.165, 1.54) is 10.4 Å². The Balaban J connectivity index is 1.26. The highest BCUT2D eigenvalue weighted by molar-refractivity contribution is 7.89. The van der Waals surface area contributed by atoms with E-state index in [9.17, 15) is 26.8 Å². The Kier molecular flexibility index (Phi) is 8.72. The molecule has 2 aliphatic rings. The van der Waals surface area contributed by atoms with Crippen LogP contribution in [0.25, 0.3) is 0 Å². The molecule has 0 saturated carbocycles. The van der Waals surface area contributed by atoms with Crippen LogP contribution in [0.2, 0.25) is 0 Å². The zero-order chi connectivity index (χ0) is 26.6. The van der Waals surface area contributed by atoms with Gasteiger partial charge >= 0.3 is 0 Å². The summed E-state index contributed by atoms with van der Waals surface area (Å²) in [5.41, 5.74) is 5.18. The highest BCUT2D eigenvalue weighted by atomic mass is 32.2. The zero-order valence-corrected chi connectivity index (χ0v) is 21.8. The average Bonchev–Trinajstić information content (AvgIpc) is 3.22. The lowest BCUT2D eigenvalue weighted by molar-refractivity contribution is -0.124. The van der Waals surface area contributed by atoms with Gasteiger partial charge in [-0.3, -0.25) is 9.59 Å². The molecule has 0 spiro atoms. The molecule has 5 N–H and O–H groups in total. The van der Waals surface area contributed by atoms with Crippen molar-refractivity contribution >= 4 is 44.0 Å². The number of carbonyl (C=O) groups is 2. The summed E-state index contributed by atoms with van der Waals surface area (Å²) in [6.07, 6.45) is 3.09. The molecule has 4 rings (SSSR count). The maximum atomic E-state index is 14.0. The van der Waals surface area contributed by atoms with Gasteiger partial charge in [0.25, 0.3) is 0 Å². The molecular formula is C23H30F2N6O4S2. The molecule has 2 saturated heterocycles. The first kappa shape index (κ1) is 27.4. The van der Waals surface area contributed by atoms with E-state index >= 15 is 0 Å². The fraction of sp³-hybridized carbons (Fsp3) is 0.522. The summed E-state index contributed by atoms with van der Waals surface area (Å²) >= 11 is 0.908. The van der Waals surface area contributed by atoms with Gasteiger partial charge in [-0.2, -0.15) is 0 Å². The molecule has 0 aliphatic carbocycles. The van der Waals surface area contributed by atoms with Gasteiger partial charge in [-0.15, -0.1) is 0 Å². The van der Waals surface area contributed by atoms with Gasteiger partial charge in [0, 0.05) is 25.7 Å². The number of amides is 1. The number of anilines is 2. The summed E-state index contributed by atoms with van der Waals surface area (Å²) in [7, 11) is -3.43. The summed E-state index contributed by atoms with van der Waals surface area (Å²) < 4.78 is 55.0. The maximum Gasteiger partial charge on any atom is 0.237 e. The number of nitrogens with two attached hydrogens (primary N) is 1. The van der Waals surface area contributed by atoms with Gasteiger partial charge in [0.15, 0.2) is 5.13 Å². The van der Waals surface area contributed by atoms with Crippen molar-refractivity contribution in [1.82, 2.24) is 19.9 Å². The molecule has 1 aromatic heterocycles. The van der Waals surface area contributed by atoms with E-state index in [0.717, 1.165) is 36.3 Å². The van der Waals surface area contributed by atoms with Crippen LogP contribution in [0.3, 0.4) is 0 Å². The molecule has 10 nitrogen and oxygen atoms in total. The number of carbonyl (C=O) groups excluding carboxylic acids is 2. The Morgan fingerprint density at radius 1 is 1.22 bits per heavy atom. The second-order valence-electron chi connectivity index (χ2n) is 9.09. The zero-order valence-electron chi connectivity index (χ0n) is 20.1. The van der Waals surface area contributed by atoms with Crippen LogP contribution in [-0.2, 0) is 14.8 Å². The number of piperidine rings is 2. The molecule has 2 aliphatic heterocycles. The molecule has 2 aromatic rings. The van der Waals surface area contributed by atoms with Gasteiger partial charge in [0.05, 0.1) is 17.4 Å². The number of thiazole rings is 1. The maximum absolute atomic E-state index is 14.0. The van der Waals surface area contributed by atoms with Crippen molar-refractivity contribution in [2.45, 2.75) is 44.2 Å². The van der Waals surface area contributed by atoms with E-state index in [2.05, 4.69) is 20.9 Å². The lowest BCUT2D eigenvalue weighted by Gasteiger charge is -2.31. The number of rotatable bonds is 10. The van der Waals surface area contributed by atoms with Gasteiger partial charge in [-0.25, -0.2) is 26.5 Å². The SMILES string of the molecule is Nc1nc(NC2CCN(S(=O)(=O)CCCNC3CCCNC3=O)CC2)sc1C(=O)c1c(F)cccc1F. The molecular weight excluding hydrogens is 526 g/mol. The fourth-order valence-electron chi connectivity index (χ4n) is 4.46. The summed E-state index contributed by atoms with van der Waals surface area (Å²) in [4.78, 5) is 28.5. The molecule has 1 aromatic carbocycles. The predicted molar refractivity (Wildman–Crippen MR) is 137 cm³/mol. The second kappa shape index (κ2) is 11.8. The molecule has 2 fully saturated rings. The molecule has 1 amide bonds. The Morgan fingerprint density at radius 2 is 1.92 bits per heavy atom. The lowest BCUT2D eigenvalue weighted by atomic mass is 10.1. The number of ketones is 1.